The van der Waals surface area contributed by atoms with Gasteiger partial charge in [-0.25, -0.2) is 4.98 Å². The summed E-state index contributed by atoms with van der Waals surface area (Å²) in [4.78, 5) is 6.53. The van der Waals surface area contributed by atoms with E-state index in [1.807, 2.05) is 43.3 Å². The van der Waals surface area contributed by atoms with Crippen molar-refractivity contribution in [3.05, 3.63) is 48.2 Å². The van der Waals surface area contributed by atoms with Crippen LogP contribution in [0, 0.1) is 11.3 Å². The number of hydrogen-bond acceptors (Lipinski definition) is 5. The molecule has 1 aliphatic rings. The van der Waals surface area contributed by atoms with Crippen LogP contribution >= 0.6 is 0 Å². The highest BCUT2D eigenvalue weighted by molar-refractivity contribution is 5.72. The van der Waals surface area contributed by atoms with Gasteiger partial charge in [0.2, 0.25) is 5.88 Å². The van der Waals surface area contributed by atoms with Gasteiger partial charge >= 0.3 is 0 Å². The van der Waals surface area contributed by atoms with Crippen molar-refractivity contribution >= 4 is 0 Å². The van der Waals surface area contributed by atoms with Gasteiger partial charge in [-0.2, -0.15) is 5.26 Å². The Labute approximate surface area is 136 Å². The number of benzene rings is 1. The largest absolute Gasteiger partial charge is 0.458 e. The number of nitriles is 1. The molecule has 1 fully saturated rings. The van der Waals surface area contributed by atoms with Gasteiger partial charge in [-0.1, -0.05) is 30.3 Å². The molecule has 0 radical (unpaired) electrons. The Morgan fingerprint density at radius 3 is 2.65 bits per heavy atom. The standard InChI is InChI=1S/C18H20N4O/c1-14(22-11-9-20-10-12-22)23-18-17(13-19)16(7-8-21-18)15-5-3-2-4-6-15/h2-8,14,20H,9-12H2,1H3. The Hall–Kier alpha value is -2.42. The van der Waals surface area contributed by atoms with E-state index in [0.29, 0.717) is 11.4 Å². The molecule has 2 aromatic rings. The predicted octanol–water partition coefficient (Wildman–Crippen LogP) is 2.25. The topological polar surface area (TPSA) is 61.2 Å². The van der Waals surface area contributed by atoms with Gasteiger partial charge in [-0.05, 0) is 18.6 Å². The Balaban J connectivity index is 1.86. The minimum absolute atomic E-state index is 0.109. The number of nitrogens with one attached hydrogen (secondary N) is 1. The Kier molecular flexibility index (Phi) is 4.86. The molecule has 5 nitrogen and oxygen atoms in total. The van der Waals surface area contributed by atoms with Crippen LogP contribution in [0.2, 0.25) is 0 Å². The van der Waals surface area contributed by atoms with Crippen LogP contribution < -0.4 is 10.1 Å². The number of hydrogen-bond donors (Lipinski definition) is 1. The molecule has 1 saturated heterocycles. The second kappa shape index (κ2) is 7.23. The zero-order valence-corrected chi connectivity index (χ0v) is 13.2. The minimum Gasteiger partial charge on any atom is -0.458 e. The van der Waals surface area contributed by atoms with E-state index in [1.165, 1.54) is 0 Å². The molecule has 0 aliphatic carbocycles. The number of nitrogens with zero attached hydrogens (tertiary/aromatic N) is 3. The van der Waals surface area contributed by atoms with Crippen LogP contribution in [0.1, 0.15) is 12.5 Å². The lowest BCUT2D eigenvalue weighted by Gasteiger charge is -2.32. The summed E-state index contributed by atoms with van der Waals surface area (Å²) < 4.78 is 6.00. The van der Waals surface area contributed by atoms with Gasteiger partial charge in [0, 0.05) is 37.9 Å². The lowest BCUT2D eigenvalue weighted by molar-refractivity contribution is 0.0277. The van der Waals surface area contributed by atoms with E-state index in [2.05, 4.69) is 21.3 Å². The van der Waals surface area contributed by atoms with Crippen molar-refractivity contribution in [3.63, 3.8) is 0 Å². The lowest BCUT2D eigenvalue weighted by Crippen LogP contribution is -2.49. The molecule has 2 heterocycles. The molecule has 1 atom stereocenters. The van der Waals surface area contributed by atoms with E-state index in [9.17, 15) is 5.26 Å². The third-order valence-corrected chi connectivity index (χ3v) is 4.06. The number of piperazine rings is 1. The molecule has 0 amide bonds. The van der Waals surface area contributed by atoms with Crippen LogP contribution in [-0.4, -0.2) is 42.3 Å². The van der Waals surface area contributed by atoms with Crippen molar-refractivity contribution in [3.8, 4) is 23.1 Å². The molecule has 3 rings (SSSR count). The average molecular weight is 308 g/mol. The average Bonchev–Trinajstić information content (AvgIpc) is 2.63. The molecule has 1 unspecified atom stereocenters. The van der Waals surface area contributed by atoms with Crippen LogP contribution in [-0.2, 0) is 0 Å². The zero-order chi connectivity index (χ0) is 16.1. The van der Waals surface area contributed by atoms with Gasteiger partial charge in [-0.3, -0.25) is 4.90 Å². The molecule has 0 bridgehead atoms. The Morgan fingerprint density at radius 2 is 1.96 bits per heavy atom. The van der Waals surface area contributed by atoms with Crippen LogP contribution in [0.25, 0.3) is 11.1 Å². The van der Waals surface area contributed by atoms with E-state index in [0.717, 1.165) is 37.3 Å². The SMILES string of the molecule is CC(Oc1nccc(-c2ccccc2)c1C#N)N1CCNCC1. The third kappa shape index (κ3) is 3.50. The first kappa shape index (κ1) is 15.5. The van der Waals surface area contributed by atoms with Gasteiger partial charge in [0.15, 0.2) is 6.23 Å². The maximum Gasteiger partial charge on any atom is 0.233 e. The van der Waals surface area contributed by atoms with Gasteiger partial charge in [0.05, 0.1) is 0 Å². The van der Waals surface area contributed by atoms with Crippen molar-refractivity contribution in [1.29, 1.82) is 5.26 Å². The first-order valence-electron chi connectivity index (χ1n) is 7.85. The normalized spacial score (nSPS) is 16.5. The fourth-order valence-electron chi connectivity index (χ4n) is 2.78. The van der Waals surface area contributed by atoms with Crippen molar-refractivity contribution in [2.45, 2.75) is 13.2 Å². The molecule has 118 valence electrons. The van der Waals surface area contributed by atoms with E-state index in [-0.39, 0.29) is 6.23 Å². The van der Waals surface area contributed by atoms with E-state index < -0.39 is 0 Å². The molecular weight excluding hydrogens is 288 g/mol. The van der Waals surface area contributed by atoms with Gasteiger partial charge in [-0.15, -0.1) is 0 Å². The molecule has 0 saturated carbocycles. The molecule has 1 N–H and O–H groups in total. The Bertz CT molecular complexity index is 690. The van der Waals surface area contributed by atoms with Gasteiger partial charge < -0.3 is 10.1 Å². The molecule has 1 aromatic carbocycles. The zero-order valence-electron chi connectivity index (χ0n) is 13.2. The number of rotatable bonds is 4. The van der Waals surface area contributed by atoms with Crippen molar-refractivity contribution in [1.82, 2.24) is 15.2 Å². The second-order valence-corrected chi connectivity index (χ2v) is 5.52. The number of aromatic nitrogens is 1. The quantitative estimate of drug-likeness (QED) is 0.938. The summed E-state index contributed by atoms with van der Waals surface area (Å²) in [5.41, 5.74) is 2.33. The molecule has 1 aromatic heterocycles. The summed E-state index contributed by atoms with van der Waals surface area (Å²) in [7, 11) is 0. The van der Waals surface area contributed by atoms with Crippen molar-refractivity contribution in [2.24, 2.45) is 0 Å². The minimum atomic E-state index is -0.109. The number of ether oxygens (including phenoxy) is 1. The maximum atomic E-state index is 9.59. The monoisotopic (exact) mass is 308 g/mol. The smallest absolute Gasteiger partial charge is 0.233 e. The summed E-state index contributed by atoms with van der Waals surface area (Å²) in [6, 6.07) is 14.0. The highest BCUT2D eigenvalue weighted by atomic mass is 16.5. The molecular formula is C18H20N4O. The molecule has 1 aliphatic heterocycles. The van der Waals surface area contributed by atoms with Gasteiger partial charge in [0.25, 0.3) is 0 Å². The maximum absolute atomic E-state index is 9.59. The van der Waals surface area contributed by atoms with E-state index in [1.54, 1.807) is 6.20 Å². The highest BCUT2D eigenvalue weighted by Gasteiger charge is 2.20. The van der Waals surface area contributed by atoms with Crippen LogP contribution in [0.3, 0.4) is 0 Å². The molecule has 0 spiro atoms. The summed E-state index contributed by atoms with van der Waals surface area (Å²) in [6.45, 7) is 5.78. The summed E-state index contributed by atoms with van der Waals surface area (Å²) in [5.74, 6) is 0.403. The molecule has 5 heteroatoms. The summed E-state index contributed by atoms with van der Waals surface area (Å²) in [5, 5.41) is 12.9. The Morgan fingerprint density at radius 1 is 1.22 bits per heavy atom. The molecule has 23 heavy (non-hydrogen) atoms. The second-order valence-electron chi connectivity index (χ2n) is 5.52. The van der Waals surface area contributed by atoms with Crippen molar-refractivity contribution < 1.29 is 4.74 Å². The van der Waals surface area contributed by atoms with E-state index >= 15 is 0 Å². The van der Waals surface area contributed by atoms with Crippen LogP contribution in [0.15, 0.2) is 42.6 Å². The number of pyridine rings is 1. The lowest BCUT2D eigenvalue weighted by atomic mass is 10.0. The van der Waals surface area contributed by atoms with E-state index in [4.69, 9.17) is 4.74 Å². The third-order valence-electron chi connectivity index (χ3n) is 4.06. The summed E-state index contributed by atoms with van der Waals surface area (Å²) in [6.07, 6.45) is 1.59. The van der Waals surface area contributed by atoms with Crippen molar-refractivity contribution in [2.75, 3.05) is 26.2 Å². The first-order chi connectivity index (χ1) is 11.3. The van der Waals surface area contributed by atoms with Crippen LogP contribution in [0.4, 0.5) is 0 Å². The summed E-state index contributed by atoms with van der Waals surface area (Å²) >= 11 is 0. The predicted molar refractivity (Wildman–Crippen MR) is 88.9 cm³/mol. The highest BCUT2D eigenvalue weighted by Crippen LogP contribution is 2.29. The fraction of sp³-hybridized carbons (Fsp3) is 0.333. The van der Waals surface area contributed by atoms with Gasteiger partial charge in [0.1, 0.15) is 11.6 Å². The van der Waals surface area contributed by atoms with Crippen LogP contribution in [0.5, 0.6) is 5.88 Å². The fourth-order valence-corrected chi connectivity index (χ4v) is 2.78. The first-order valence-corrected chi connectivity index (χ1v) is 7.85.